The predicted molar refractivity (Wildman–Crippen MR) is 155 cm³/mol. The third-order valence-electron chi connectivity index (χ3n) is 6.42. The van der Waals surface area contributed by atoms with Crippen LogP contribution in [0.2, 0.25) is 10.0 Å². The van der Waals surface area contributed by atoms with E-state index < -0.39 is 5.92 Å². The number of anilines is 2. The second-order valence-electron chi connectivity index (χ2n) is 9.01. The van der Waals surface area contributed by atoms with Crippen LogP contribution in [0, 0.1) is 18.3 Å². The van der Waals surface area contributed by atoms with Crippen LogP contribution in [-0.2, 0) is 9.59 Å². The van der Waals surface area contributed by atoms with Crippen LogP contribution < -0.4 is 16.0 Å². The lowest BCUT2D eigenvalue weighted by Crippen LogP contribution is -2.38. The number of benzene rings is 2. The van der Waals surface area contributed by atoms with Crippen LogP contribution in [0.15, 0.2) is 69.5 Å². The third-order valence-corrected chi connectivity index (χ3v) is 9.12. The van der Waals surface area contributed by atoms with Gasteiger partial charge in [0.2, 0.25) is 11.0 Å². The van der Waals surface area contributed by atoms with E-state index in [1.54, 1.807) is 23.1 Å². The van der Waals surface area contributed by atoms with E-state index in [1.165, 1.54) is 23.1 Å². The highest BCUT2D eigenvalue weighted by molar-refractivity contribution is 8.01. The molecule has 2 aliphatic rings. The number of nitrogens with zero attached hydrogens (tertiary/aromatic N) is 4. The van der Waals surface area contributed by atoms with E-state index in [4.69, 9.17) is 28.9 Å². The van der Waals surface area contributed by atoms with Crippen molar-refractivity contribution in [2.75, 3.05) is 16.0 Å². The summed E-state index contributed by atoms with van der Waals surface area (Å²) in [5, 5.41) is 22.7. The SMILES string of the molecule is Cc1cccc(NC(=O)CSc2nnc(N3C(N)=C(C#N)C(c4c(Cl)cccc4Cl)C4=C3CCCC4=O)s2)c1. The van der Waals surface area contributed by atoms with Gasteiger partial charge in [-0.15, -0.1) is 10.2 Å². The van der Waals surface area contributed by atoms with Crippen LogP contribution in [0.5, 0.6) is 0 Å². The first-order valence-corrected chi connectivity index (χ1v) is 14.6. The molecule has 3 aromatic rings. The Kier molecular flexibility index (Phi) is 7.96. The molecule has 2 heterocycles. The molecule has 39 heavy (non-hydrogen) atoms. The molecule has 0 spiro atoms. The Morgan fingerprint density at radius 1 is 1.23 bits per heavy atom. The quantitative estimate of drug-likeness (QED) is 0.323. The Labute approximate surface area is 243 Å². The molecule has 8 nitrogen and oxygen atoms in total. The van der Waals surface area contributed by atoms with E-state index in [-0.39, 0.29) is 28.8 Å². The number of aryl methyl sites for hydroxylation is 1. The van der Waals surface area contributed by atoms with Gasteiger partial charge in [-0.1, -0.05) is 64.5 Å². The zero-order valence-electron chi connectivity index (χ0n) is 20.7. The van der Waals surface area contributed by atoms with Gasteiger partial charge in [-0.3, -0.25) is 14.5 Å². The van der Waals surface area contributed by atoms with E-state index in [0.29, 0.717) is 55.6 Å². The minimum absolute atomic E-state index is 0.0885. The van der Waals surface area contributed by atoms with Gasteiger partial charge in [-0.25, -0.2) is 0 Å². The number of nitrogens with two attached hydrogens (primary N) is 1. The molecule has 1 amide bonds. The van der Waals surface area contributed by atoms with Crippen LogP contribution >= 0.6 is 46.3 Å². The van der Waals surface area contributed by atoms with Crippen molar-refractivity contribution in [3.05, 3.63) is 86.3 Å². The lowest BCUT2D eigenvalue weighted by Gasteiger charge is -2.38. The summed E-state index contributed by atoms with van der Waals surface area (Å²) in [4.78, 5) is 27.4. The number of halogens is 2. The summed E-state index contributed by atoms with van der Waals surface area (Å²) in [5.41, 5.74) is 10.1. The first-order valence-electron chi connectivity index (χ1n) is 12.0. The van der Waals surface area contributed by atoms with E-state index >= 15 is 0 Å². The lowest BCUT2D eigenvalue weighted by molar-refractivity contribution is -0.116. The van der Waals surface area contributed by atoms with Crippen LogP contribution in [0.25, 0.3) is 0 Å². The van der Waals surface area contributed by atoms with Gasteiger partial charge in [-0.2, -0.15) is 5.26 Å². The highest BCUT2D eigenvalue weighted by atomic mass is 35.5. The number of nitriles is 1. The molecule has 1 atom stereocenters. The molecule has 3 N–H and O–H groups in total. The van der Waals surface area contributed by atoms with Crippen LogP contribution in [-0.4, -0.2) is 27.6 Å². The lowest BCUT2D eigenvalue weighted by atomic mass is 9.75. The molecule has 5 rings (SSSR count). The van der Waals surface area contributed by atoms with Crippen molar-refractivity contribution in [3.63, 3.8) is 0 Å². The molecular formula is C27H22Cl2N6O2S2. The number of nitrogens with one attached hydrogen (secondary N) is 1. The first kappa shape index (κ1) is 27.2. The number of amides is 1. The molecule has 1 aromatic heterocycles. The zero-order chi connectivity index (χ0) is 27.7. The number of carbonyl (C=O) groups is 2. The summed E-state index contributed by atoms with van der Waals surface area (Å²) in [7, 11) is 0. The number of ketones is 1. The van der Waals surface area contributed by atoms with Gasteiger partial charge >= 0.3 is 0 Å². The van der Waals surface area contributed by atoms with Gasteiger partial charge in [0, 0.05) is 39.0 Å². The highest BCUT2D eigenvalue weighted by Crippen LogP contribution is 2.49. The van der Waals surface area contributed by atoms with Crippen molar-refractivity contribution in [3.8, 4) is 6.07 Å². The number of carbonyl (C=O) groups excluding carboxylic acids is 2. The summed E-state index contributed by atoms with van der Waals surface area (Å²) in [6, 6.07) is 14.8. The Morgan fingerprint density at radius 3 is 2.69 bits per heavy atom. The summed E-state index contributed by atoms with van der Waals surface area (Å²) in [5.74, 6) is -0.751. The van der Waals surface area contributed by atoms with Gasteiger partial charge in [0.05, 0.1) is 23.3 Å². The van der Waals surface area contributed by atoms with Crippen molar-refractivity contribution in [1.82, 2.24) is 10.2 Å². The molecule has 0 radical (unpaired) electrons. The number of rotatable bonds is 6. The minimum Gasteiger partial charge on any atom is -0.384 e. The molecule has 0 saturated heterocycles. The highest BCUT2D eigenvalue weighted by Gasteiger charge is 2.42. The molecule has 12 heteroatoms. The number of Topliss-reactive ketones (excluding diaryl/α,β-unsaturated/α-hetero) is 1. The van der Waals surface area contributed by atoms with Gasteiger partial charge in [0.1, 0.15) is 5.82 Å². The largest absolute Gasteiger partial charge is 0.384 e. The number of thioether (sulfide) groups is 1. The van der Waals surface area contributed by atoms with Crippen LogP contribution in [0.3, 0.4) is 0 Å². The maximum atomic E-state index is 13.3. The number of hydrogen-bond donors (Lipinski definition) is 2. The topological polar surface area (TPSA) is 125 Å². The fourth-order valence-electron chi connectivity index (χ4n) is 4.78. The summed E-state index contributed by atoms with van der Waals surface area (Å²) < 4.78 is 0.552. The number of hydrogen-bond acceptors (Lipinski definition) is 9. The number of aromatic nitrogens is 2. The zero-order valence-corrected chi connectivity index (χ0v) is 23.8. The Bertz CT molecular complexity index is 1570. The molecule has 1 aliphatic heterocycles. The average molecular weight is 598 g/mol. The Hall–Kier alpha value is -3.36. The Balaban J connectivity index is 1.45. The third kappa shape index (κ3) is 5.40. The van der Waals surface area contributed by atoms with Crippen molar-refractivity contribution < 1.29 is 9.59 Å². The minimum atomic E-state index is -0.776. The molecule has 0 bridgehead atoms. The van der Waals surface area contributed by atoms with Crippen LogP contribution in [0.4, 0.5) is 10.8 Å². The molecule has 1 aliphatic carbocycles. The maximum absolute atomic E-state index is 13.3. The smallest absolute Gasteiger partial charge is 0.234 e. The van der Waals surface area contributed by atoms with E-state index in [2.05, 4.69) is 21.6 Å². The maximum Gasteiger partial charge on any atom is 0.234 e. The van der Waals surface area contributed by atoms with Crippen molar-refractivity contribution in [1.29, 1.82) is 5.26 Å². The van der Waals surface area contributed by atoms with Gasteiger partial charge in [0.25, 0.3) is 0 Å². The Morgan fingerprint density at radius 2 is 1.97 bits per heavy atom. The molecule has 0 fully saturated rings. The summed E-state index contributed by atoms with van der Waals surface area (Å²) in [6.07, 6.45) is 1.53. The second-order valence-corrected chi connectivity index (χ2v) is 12.0. The van der Waals surface area contributed by atoms with Crippen LogP contribution in [0.1, 0.15) is 36.3 Å². The van der Waals surface area contributed by atoms with E-state index in [1.807, 2.05) is 31.2 Å². The molecule has 2 aromatic carbocycles. The summed E-state index contributed by atoms with van der Waals surface area (Å²) >= 11 is 15.5. The number of allylic oxidation sites excluding steroid dienone is 3. The summed E-state index contributed by atoms with van der Waals surface area (Å²) in [6.45, 7) is 1.96. The van der Waals surface area contributed by atoms with Crippen molar-refractivity contribution in [2.24, 2.45) is 5.73 Å². The van der Waals surface area contributed by atoms with Gasteiger partial charge < -0.3 is 11.1 Å². The molecule has 0 saturated carbocycles. The first-order chi connectivity index (χ1) is 18.8. The predicted octanol–water partition coefficient (Wildman–Crippen LogP) is 6.19. The fraction of sp³-hybridized carbons (Fsp3) is 0.222. The molecule has 1 unspecified atom stereocenters. The molecule has 198 valence electrons. The molecular weight excluding hydrogens is 575 g/mol. The van der Waals surface area contributed by atoms with E-state index in [0.717, 1.165) is 11.3 Å². The van der Waals surface area contributed by atoms with Crippen molar-refractivity contribution in [2.45, 2.75) is 36.4 Å². The fourth-order valence-corrected chi connectivity index (χ4v) is 7.07. The van der Waals surface area contributed by atoms with E-state index in [9.17, 15) is 14.9 Å². The normalized spacial score (nSPS) is 17.2. The van der Waals surface area contributed by atoms with Gasteiger partial charge in [0.15, 0.2) is 10.1 Å². The second kappa shape index (κ2) is 11.4. The average Bonchev–Trinajstić information content (AvgIpc) is 3.36. The van der Waals surface area contributed by atoms with Gasteiger partial charge in [-0.05, 0) is 49.6 Å². The van der Waals surface area contributed by atoms with Crippen molar-refractivity contribution >= 4 is 68.8 Å². The monoisotopic (exact) mass is 596 g/mol. The standard InChI is InChI=1S/C27H22Cl2N6O2S2/c1-14-5-2-6-15(11-14)32-21(37)13-38-27-34-33-26(39-27)35-19-9-4-10-20(36)24(19)22(16(12-30)25(35)31)23-17(28)7-3-8-18(23)29/h2-3,5-8,11,22H,4,9-10,13,31H2,1H3,(H,32,37).